The average molecular weight is 648 g/mol. The number of carbonyl (C=O) groups is 1. The fourth-order valence-electron chi connectivity index (χ4n) is 6.09. The van der Waals surface area contributed by atoms with Gasteiger partial charge in [0.1, 0.15) is 35.8 Å². The zero-order valence-electron chi connectivity index (χ0n) is 24.4. The Morgan fingerprint density at radius 3 is 2.58 bits per heavy atom. The lowest BCUT2D eigenvalue weighted by Gasteiger charge is -2.46. The van der Waals surface area contributed by atoms with Gasteiger partial charge in [0.15, 0.2) is 17.7 Å². The largest absolute Gasteiger partial charge is 0.496 e. The Hall–Kier alpha value is -3.71. The summed E-state index contributed by atoms with van der Waals surface area (Å²) in [6.45, 7) is -0.682. The molecule has 3 aromatic rings. The number of anilines is 1. The first-order chi connectivity index (χ1) is 21.6. The van der Waals surface area contributed by atoms with Crippen molar-refractivity contribution in [1.82, 2.24) is 15.0 Å². The maximum atomic E-state index is 14.5. The lowest BCUT2D eigenvalue weighted by Crippen LogP contribution is -2.63. The fraction of sp³-hybridized carbons (Fsp3) is 0.467. The van der Waals surface area contributed by atoms with Gasteiger partial charge in [0.25, 0.3) is 5.91 Å². The van der Waals surface area contributed by atoms with Crippen molar-refractivity contribution in [2.24, 2.45) is 0 Å². The molecular formula is C30H32ClF2N5O7. The normalized spacial score (nSPS) is 26.7. The highest BCUT2D eigenvalue weighted by molar-refractivity contribution is 6.31. The third-order valence-corrected chi connectivity index (χ3v) is 8.49. The zero-order valence-corrected chi connectivity index (χ0v) is 25.1. The number of rotatable bonds is 8. The highest BCUT2D eigenvalue weighted by Gasteiger charge is 2.52. The molecule has 12 nitrogen and oxygen atoms in total. The first kappa shape index (κ1) is 32.7. The van der Waals surface area contributed by atoms with Gasteiger partial charge in [-0.05, 0) is 37.1 Å². The van der Waals surface area contributed by atoms with E-state index in [1.54, 1.807) is 0 Å². The molecule has 2 aliphatic rings. The molecule has 1 amide bonds. The lowest BCUT2D eigenvalue weighted by atomic mass is 9.88. The number of benzene rings is 2. The topological polar surface area (TPSA) is 163 Å². The number of halogens is 3. The summed E-state index contributed by atoms with van der Waals surface area (Å²) in [6, 6.07) is 6.33. The van der Waals surface area contributed by atoms with Crippen LogP contribution in [0.15, 0.2) is 36.5 Å². The van der Waals surface area contributed by atoms with E-state index in [0.29, 0.717) is 12.8 Å². The van der Waals surface area contributed by atoms with E-state index in [1.165, 1.54) is 48.2 Å². The van der Waals surface area contributed by atoms with Crippen molar-refractivity contribution >= 4 is 23.2 Å². The van der Waals surface area contributed by atoms with Crippen molar-refractivity contribution in [2.45, 2.75) is 68.3 Å². The molecule has 15 heteroatoms. The molecule has 240 valence electrons. The van der Waals surface area contributed by atoms with E-state index in [9.17, 15) is 34.2 Å². The molecule has 0 radical (unpaired) electrons. The maximum Gasteiger partial charge on any atom is 0.259 e. The third kappa shape index (κ3) is 6.37. The Kier molecular flexibility index (Phi) is 9.97. The van der Waals surface area contributed by atoms with Crippen LogP contribution in [0, 0.1) is 23.0 Å². The number of amides is 1. The maximum absolute atomic E-state index is 14.5. The van der Waals surface area contributed by atoms with Gasteiger partial charge in [0, 0.05) is 29.4 Å². The number of carbonyl (C=O) groups excluding carboxylic acids is 1. The van der Waals surface area contributed by atoms with Crippen molar-refractivity contribution < 1.29 is 43.1 Å². The van der Waals surface area contributed by atoms with Gasteiger partial charge in [-0.1, -0.05) is 29.7 Å². The first-order valence-corrected chi connectivity index (χ1v) is 14.6. The molecule has 1 aromatic heterocycles. The van der Waals surface area contributed by atoms with Gasteiger partial charge >= 0.3 is 0 Å². The molecule has 1 aliphatic heterocycles. The molecule has 7 atom stereocenters. The molecule has 2 aromatic carbocycles. The lowest BCUT2D eigenvalue weighted by molar-refractivity contribution is -0.211. The molecule has 0 bridgehead atoms. The molecule has 5 unspecified atom stereocenters. The van der Waals surface area contributed by atoms with Crippen molar-refractivity contribution in [2.75, 3.05) is 25.7 Å². The summed E-state index contributed by atoms with van der Waals surface area (Å²) in [7, 11) is 2.58. The Bertz CT molecular complexity index is 1590. The average Bonchev–Trinajstić information content (AvgIpc) is 3.52. The number of hydrogen-bond donors (Lipinski definition) is 3. The van der Waals surface area contributed by atoms with Crippen LogP contribution in [0.2, 0.25) is 5.02 Å². The van der Waals surface area contributed by atoms with E-state index < -0.39 is 66.8 Å². The monoisotopic (exact) mass is 647 g/mol. The number of hydrogen-bond acceptors (Lipinski definition) is 10. The van der Waals surface area contributed by atoms with Gasteiger partial charge in [0.05, 0.1) is 43.7 Å². The Balaban J connectivity index is 1.57. The van der Waals surface area contributed by atoms with E-state index in [1.807, 2.05) is 6.07 Å². The van der Waals surface area contributed by atoms with Gasteiger partial charge < -0.3 is 34.4 Å². The van der Waals surface area contributed by atoms with E-state index in [0.717, 1.165) is 25.0 Å². The highest BCUT2D eigenvalue weighted by atomic mass is 35.5. The molecule has 2 fully saturated rings. The first-order valence-electron chi connectivity index (χ1n) is 14.3. The number of aromatic nitrogens is 3. The predicted molar refractivity (Wildman–Crippen MR) is 155 cm³/mol. The van der Waals surface area contributed by atoms with Crippen molar-refractivity contribution in [3.05, 3.63) is 58.7 Å². The van der Waals surface area contributed by atoms with Gasteiger partial charge in [-0.3, -0.25) is 4.79 Å². The molecular weight excluding hydrogens is 616 g/mol. The van der Waals surface area contributed by atoms with Gasteiger partial charge in [-0.15, -0.1) is 5.10 Å². The Morgan fingerprint density at radius 1 is 1.18 bits per heavy atom. The predicted octanol–water partition coefficient (Wildman–Crippen LogP) is 2.77. The summed E-state index contributed by atoms with van der Waals surface area (Å²) in [5.41, 5.74) is 0.594. The molecule has 0 spiro atoms. The molecule has 1 saturated heterocycles. The minimum Gasteiger partial charge on any atom is -0.496 e. The summed E-state index contributed by atoms with van der Waals surface area (Å²) < 4.78 is 46.1. The SMILES string of the molecule is COc1cc(F)c(F)cc1-c1cn(C2C(O)C(CO)OC(C(=O)N(c3cc(Cl)cc(C#N)c3)[C@H]3CCCC[C@@H]3O)C2OC)nn1. The minimum atomic E-state index is -1.46. The van der Waals surface area contributed by atoms with Gasteiger partial charge in [-0.25, -0.2) is 13.5 Å². The number of aliphatic hydroxyl groups is 3. The molecule has 3 N–H and O–H groups in total. The van der Waals surface area contributed by atoms with E-state index >= 15 is 0 Å². The molecule has 2 heterocycles. The Morgan fingerprint density at radius 2 is 1.91 bits per heavy atom. The van der Waals surface area contributed by atoms with Crippen molar-refractivity contribution in [3.8, 4) is 23.1 Å². The van der Waals surface area contributed by atoms with Crippen LogP contribution in [-0.2, 0) is 14.3 Å². The fourth-order valence-corrected chi connectivity index (χ4v) is 6.32. The summed E-state index contributed by atoms with van der Waals surface area (Å²) in [4.78, 5) is 15.9. The molecule has 1 aliphatic carbocycles. The number of nitriles is 1. The van der Waals surface area contributed by atoms with Crippen LogP contribution in [0.4, 0.5) is 14.5 Å². The van der Waals surface area contributed by atoms with Crippen molar-refractivity contribution in [1.29, 1.82) is 5.26 Å². The minimum absolute atomic E-state index is 0.0157. The van der Waals surface area contributed by atoms with E-state index in [2.05, 4.69) is 10.3 Å². The molecule has 5 rings (SSSR count). The number of aliphatic hydroxyl groups excluding tert-OH is 3. The van der Waals surface area contributed by atoms with E-state index in [-0.39, 0.29) is 33.3 Å². The summed E-state index contributed by atoms with van der Waals surface area (Å²) in [5, 5.41) is 50.4. The van der Waals surface area contributed by atoms with Crippen LogP contribution in [0.1, 0.15) is 37.3 Å². The van der Waals surface area contributed by atoms with Gasteiger partial charge in [0.2, 0.25) is 0 Å². The number of methoxy groups -OCH3 is 2. The smallest absolute Gasteiger partial charge is 0.259 e. The number of nitrogens with zero attached hydrogens (tertiary/aromatic N) is 5. The van der Waals surface area contributed by atoms with Crippen LogP contribution in [0.3, 0.4) is 0 Å². The second-order valence-corrected chi connectivity index (χ2v) is 11.4. The Labute approximate surface area is 262 Å². The standard InChI is InChI=1S/C30H32ClF2N5O7/c1-43-24-11-20(33)19(32)10-18(24)21-13-37(36-35-21)26-27(41)25(14-39)45-29(28(26)44-2)30(42)38(22-5-3-4-6-23(22)40)17-8-15(12-34)7-16(31)9-17/h7-11,13,22-23,25-29,39-41H,3-6,14H2,1-2H3/t22-,23-,25?,26?,27?,28?,29?/m0/s1. The van der Waals surface area contributed by atoms with Crippen molar-refractivity contribution in [3.63, 3.8) is 0 Å². The number of ether oxygens (including phenoxy) is 3. The van der Waals surface area contributed by atoms with Crippen LogP contribution < -0.4 is 9.64 Å². The van der Waals surface area contributed by atoms with E-state index in [4.69, 9.17) is 25.8 Å². The second-order valence-electron chi connectivity index (χ2n) is 10.9. The molecule has 1 saturated carbocycles. The van der Waals surface area contributed by atoms with Crippen LogP contribution in [-0.4, -0.2) is 93.6 Å². The summed E-state index contributed by atoms with van der Waals surface area (Å²) >= 11 is 6.31. The van der Waals surface area contributed by atoms with Crippen LogP contribution >= 0.6 is 11.6 Å². The van der Waals surface area contributed by atoms with Crippen LogP contribution in [0.5, 0.6) is 5.75 Å². The zero-order chi connectivity index (χ0) is 32.4. The van der Waals surface area contributed by atoms with Gasteiger partial charge in [-0.2, -0.15) is 5.26 Å². The van der Waals surface area contributed by atoms with Crippen LogP contribution in [0.25, 0.3) is 11.3 Å². The third-order valence-electron chi connectivity index (χ3n) is 8.27. The molecule has 45 heavy (non-hydrogen) atoms. The highest BCUT2D eigenvalue weighted by Crippen LogP contribution is 2.38. The quantitative estimate of drug-likeness (QED) is 0.331. The summed E-state index contributed by atoms with van der Waals surface area (Å²) in [6.07, 6.45) is -2.60. The second kappa shape index (κ2) is 13.7. The summed E-state index contributed by atoms with van der Waals surface area (Å²) in [5.74, 6) is -2.95.